The maximum Gasteiger partial charge on any atom is 0.496 e. The zero-order valence-electron chi connectivity index (χ0n) is 12.5. The third-order valence-corrected chi connectivity index (χ3v) is 4.22. The first-order chi connectivity index (χ1) is 11.3. The summed E-state index contributed by atoms with van der Waals surface area (Å²) in [6.45, 7) is 0. The molecule has 2 aromatic carbocycles. The van der Waals surface area contributed by atoms with E-state index in [1.165, 1.54) is 0 Å². The second-order valence-corrected chi connectivity index (χ2v) is 5.62. The molecule has 0 radical (unpaired) electrons. The van der Waals surface area contributed by atoms with Crippen LogP contribution in [0.25, 0.3) is 22.1 Å². The Labute approximate surface area is 132 Å². The molecule has 0 bridgehead atoms. The van der Waals surface area contributed by atoms with Gasteiger partial charge in [-0.2, -0.15) is 0 Å². The van der Waals surface area contributed by atoms with Crippen LogP contribution in [0, 0.1) is 0 Å². The van der Waals surface area contributed by atoms with Gasteiger partial charge in [-0.15, -0.1) is 0 Å². The molecule has 4 nitrogen and oxygen atoms in total. The molecule has 0 atom stereocenters. The molecule has 0 fully saturated rings. The zero-order valence-corrected chi connectivity index (χ0v) is 12.5. The molecule has 0 spiro atoms. The summed E-state index contributed by atoms with van der Waals surface area (Å²) in [6, 6.07) is 21.8. The van der Waals surface area contributed by atoms with Gasteiger partial charge in [-0.3, -0.25) is 0 Å². The molecular formula is C19H13N3O+2. The molecule has 0 saturated heterocycles. The maximum absolute atomic E-state index is 5.80. The van der Waals surface area contributed by atoms with Crippen molar-refractivity contribution in [1.29, 1.82) is 0 Å². The van der Waals surface area contributed by atoms with Crippen molar-refractivity contribution >= 4 is 45.1 Å². The van der Waals surface area contributed by atoms with Crippen molar-refractivity contribution in [3.05, 3.63) is 60.8 Å². The number of furan rings is 1. The lowest BCUT2D eigenvalue weighted by molar-refractivity contribution is -0.394. The predicted octanol–water partition coefficient (Wildman–Crippen LogP) is 4.28. The Morgan fingerprint density at radius 2 is 1.83 bits per heavy atom. The summed E-state index contributed by atoms with van der Waals surface area (Å²) in [5.74, 6) is 0. The summed E-state index contributed by atoms with van der Waals surface area (Å²) in [5, 5.41) is 2.10. The minimum absolute atomic E-state index is 0.673. The van der Waals surface area contributed by atoms with Gasteiger partial charge in [0.25, 0.3) is 11.4 Å². The second-order valence-electron chi connectivity index (χ2n) is 5.62. The molecule has 2 aromatic heterocycles. The van der Waals surface area contributed by atoms with Crippen molar-refractivity contribution in [3.8, 4) is 0 Å². The highest BCUT2D eigenvalue weighted by Crippen LogP contribution is 2.35. The van der Waals surface area contributed by atoms with E-state index in [1.807, 2.05) is 48.0 Å². The summed E-state index contributed by atoms with van der Waals surface area (Å²) < 4.78 is 9.88. The molecule has 5 rings (SSSR count). The quantitative estimate of drug-likeness (QED) is 0.491. The molecule has 3 heterocycles. The van der Waals surface area contributed by atoms with Gasteiger partial charge >= 0.3 is 6.01 Å². The van der Waals surface area contributed by atoms with Crippen molar-refractivity contribution in [2.24, 2.45) is 0 Å². The smallest absolute Gasteiger partial charge is 0.438 e. The second kappa shape index (κ2) is 4.38. The van der Waals surface area contributed by atoms with Crippen LogP contribution in [0.15, 0.2) is 65.2 Å². The van der Waals surface area contributed by atoms with Crippen molar-refractivity contribution in [2.45, 2.75) is 0 Å². The monoisotopic (exact) mass is 299 g/mol. The van der Waals surface area contributed by atoms with E-state index in [9.17, 15) is 0 Å². The molecule has 4 aromatic rings. The van der Waals surface area contributed by atoms with Crippen LogP contribution in [0.3, 0.4) is 0 Å². The molecule has 0 amide bonds. The van der Waals surface area contributed by atoms with Crippen LogP contribution in [-0.4, -0.2) is 22.6 Å². The third kappa shape index (κ3) is 1.70. The molecule has 1 aliphatic rings. The van der Waals surface area contributed by atoms with Gasteiger partial charge in [0.05, 0.1) is 0 Å². The van der Waals surface area contributed by atoms with Gasteiger partial charge in [0, 0.05) is 41.2 Å². The van der Waals surface area contributed by atoms with E-state index in [0.717, 1.165) is 33.4 Å². The van der Waals surface area contributed by atoms with Gasteiger partial charge in [0.1, 0.15) is 5.58 Å². The maximum atomic E-state index is 5.80. The topological polar surface area (TPSA) is 32.0 Å². The highest BCUT2D eigenvalue weighted by atomic mass is 16.3. The summed E-state index contributed by atoms with van der Waals surface area (Å²) in [5.41, 5.74) is 4.85. The largest absolute Gasteiger partial charge is 0.496 e. The minimum atomic E-state index is 0.673. The number of fused-ring (bicyclic) bond motifs is 4. The molecular weight excluding hydrogens is 286 g/mol. The summed E-state index contributed by atoms with van der Waals surface area (Å²) >= 11 is 0. The third-order valence-electron chi connectivity index (χ3n) is 4.22. The van der Waals surface area contributed by atoms with Gasteiger partial charge < -0.3 is 4.42 Å². The lowest BCUT2D eigenvalue weighted by atomic mass is 10.1. The van der Waals surface area contributed by atoms with E-state index >= 15 is 0 Å². The van der Waals surface area contributed by atoms with Crippen LogP contribution in [0.5, 0.6) is 0 Å². The fraction of sp³-hybridized carbons (Fsp3) is 0.0526. The Morgan fingerprint density at radius 1 is 0.957 bits per heavy atom. The first-order valence-electron chi connectivity index (χ1n) is 7.48. The van der Waals surface area contributed by atoms with E-state index in [1.54, 1.807) is 6.20 Å². The molecule has 0 unspecified atom stereocenters. The van der Waals surface area contributed by atoms with E-state index in [-0.39, 0.29) is 0 Å². The van der Waals surface area contributed by atoms with E-state index in [2.05, 4.69) is 33.8 Å². The van der Waals surface area contributed by atoms with Gasteiger partial charge in [-0.1, -0.05) is 16.7 Å². The fourth-order valence-electron chi connectivity index (χ4n) is 3.13. The Hall–Kier alpha value is -3.23. The normalized spacial score (nSPS) is 13.3. The Balaban J connectivity index is 1.79. The SMILES string of the molecule is C[N+]1=C=[N+](c2ccc3oc4ncccc4c3c2)c2ccccc21. The zero-order chi connectivity index (χ0) is 15.4. The number of benzene rings is 2. The molecule has 4 heteroatoms. The van der Waals surface area contributed by atoms with Crippen molar-refractivity contribution < 1.29 is 8.99 Å². The first kappa shape index (κ1) is 12.3. The molecule has 0 saturated carbocycles. The lowest BCUT2D eigenvalue weighted by Crippen LogP contribution is -1.98. The molecule has 108 valence electrons. The average molecular weight is 299 g/mol. The first-order valence-corrected chi connectivity index (χ1v) is 7.48. The van der Waals surface area contributed by atoms with Crippen LogP contribution < -0.4 is 4.58 Å². The summed E-state index contributed by atoms with van der Waals surface area (Å²) in [4.78, 5) is 4.29. The number of aromatic nitrogens is 1. The fourth-order valence-corrected chi connectivity index (χ4v) is 3.13. The minimum Gasteiger partial charge on any atom is -0.438 e. The predicted molar refractivity (Wildman–Crippen MR) is 90.3 cm³/mol. The summed E-state index contributed by atoms with van der Waals surface area (Å²) in [7, 11) is 2.01. The number of hydrogen-bond donors (Lipinski definition) is 0. The number of hydrogen-bond acceptors (Lipinski definition) is 2. The Morgan fingerprint density at radius 3 is 2.74 bits per heavy atom. The number of nitrogens with zero attached hydrogens (tertiary/aromatic N) is 3. The van der Waals surface area contributed by atoms with Crippen LogP contribution in [0.4, 0.5) is 17.1 Å². The van der Waals surface area contributed by atoms with Crippen LogP contribution in [-0.2, 0) is 0 Å². The van der Waals surface area contributed by atoms with Gasteiger partial charge in [0.2, 0.25) is 11.4 Å². The standard InChI is InChI=1S/C19H13N3O/c1-21-12-22(17-7-3-2-6-16(17)21)13-8-9-18-15(11-13)14-5-4-10-20-19(14)23-18/h2-11H,1H3/q+2. The Kier molecular flexibility index (Phi) is 2.35. The molecule has 0 aliphatic carbocycles. The van der Waals surface area contributed by atoms with Crippen molar-refractivity contribution in [2.75, 3.05) is 7.05 Å². The lowest BCUT2D eigenvalue weighted by Gasteiger charge is -1.95. The highest BCUT2D eigenvalue weighted by molar-refractivity contribution is 6.04. The van der Waals surface area contributed by atoms with E-state index < -0.39 is 0 Å². The van der Waals surface area contributed by atoms with E-state index in [0.29, 0.717) is 5.71 Å². The average Bonchev–Trinajstić information content (AvgIpc) is 3.13. The van der Waals surface area contributed by atoms with Crippen molar-refractivity contribution in [3.63, 3.8) is 0 Å². The molecule has 0 N–H and O–H groups in total. The van der Waals surface area contributed by atoms with Gasteiger partial charge in [-0.05, 0) is 22.8 Å². The number of pyridine rings is 1. The van der Waals surface area contributed by atoms with Crippen LogP contribution in [0.2, 0.25) is 0 Å². The molecule has 23 heavy (non-hydrogen) atoms. The van der Waals surface area contributed by atoms with Crippen LogP contribution >= 0.6 is 0 Å². The van der Waals surface area contributed by atoms with Gasteiger partial charge in [-0.25, -0.2) is 4.98 Å². The molecule has 1 aliphatic heterocycles. The van der Waals surface area contributed by atoms with Crippen LogP contribution in [0.1, 0.15) is 0 Å². The highest BCUT2D eigenvalue weighted by Gasteiger charge is 2.32. The summed E-state index contributed by atoms with van der Waals surface area (Å²) in [6.07, 6.45) is 1.75. The Bertz CT molecular complexity index is 1160. The van der Waals surface area contributed by atoms with E-state index in [4.69, 9.17) is 4.42 Å². The van der Waals surface area contributed by atoms with Crippen molar-refractivity contribution in [1.82, 2.24) is 9.56 Å². The van der Waals surface area contributed by atoms with Gasteiger partial charge in [0.15, 0.2) is 7.05 Å². The number of para-hydroxylation sites is 2. The number of rotatable bonds is 1.